The molecule has 112 valence electrons. The van der Waals surface area contributed by atoms with Gasteiger partial charge in [-0.3, -0.25) is 4.79 Å². The predicted molar refractivity (Wildman–Crippen MR) is 80.2 cm³/mol. The largest absolute Gasteiger partial charge is 0.385 e. The average Bonchev–Trinajstić information content (AvgIpc) is 2.49. The van der Waals surface area contributed by atoms with E-state index < -0.39 is 0 Å². The summed E-state index contributed by atoms with van der Waals surface area (Å²) in [7, 11) is 3.21. The first-order valence-electron chi connectivity index (χ1n) is 6.85. The molecule has 1 rings (SSSR count). The number of hydrogen-bond acceptors (Lipinski definition) is 4. The van der Waals surface area contributed by atoms with Gasteiger partial charge in [0, 0.05) is 38.6 Å². The van der Waals surface area contributed by atoms with Crippen LogP contribution in [0.25, 0.3) is 0 Å². The molecule has 1 unspecified atom stereocenters. The predicted octanol–water partition coefficient (Wildman–Crippen LogP) is 1.90. The van der Waals surface area contributed by atoms with E-state index in [1.807, 2.05) is 24.3 Å². The number of carbonyl (C=O) groups excluding carboxylic acids is 1. The van der Waals surface area contributed by atoms with Crippen molar-refractivity contribution in [2.24, 2.45) is 0 Å². The van der Waals surface area contributed by atoms with Crippen LogP contribution in [0.2, 0.25) is 0 Å². The van der Waals surface area contributed by atoms with Gasteiger partial charge < -0.3 is 20.1 Å². The molecule has 1 aromatic carbocycles. The third kappa shape index (κ3) is 5.59. The van der Waals surface area contributed by atoms with E-state index in [4.69, 9.17) is 9.47 Å². The first-order chi connectivity index (χ1) is 9.71. The topological polar surface area (TPSA) is 59.6 Å². The standard InChI is InChI=1S/C15H24N2O3/c1-4-9-16-13-7-5-12(6-8-13)15(18)17-10-14(20-3)11-19-2/h5-8,14,16H,4,9-11H2,1-3H3,(H,17,18). The minimum absolute atomic E-state index is 0.106. The van der Waals surface area contributed by atoms with Gasteiger partial charge in [-0.25, -0.2) is 0 Å². The Balaban J connectivity index is 2.46. The zero-order valence-corrected chi connectivity index (χ0v) is 12.4. The number of methoxy groups -OCH3 is 2. The fraction of sp³-hybridized carbons (Fsp3) is 0.533. The van der Waals surface area contributed by atoms with Crippen LogP contribution in [0.15, 0.2) is 24.3 Å². The Bertz CT molecular complexity index is 393. The summed E-state index contributed by atoms with van der Waals surface area (Å²) in [6, 6.07) is 7.44. The van der Waals surface area contributed by atoms with Crippen molar-refractivity contribution in [3.63, 3.8) is 0 Å². The summed E-state index contributed by atoms with van der Waals surface area (Å²) in [6.45, 7) is 3.93. The second kappa shape index (κ2) is 9.34. The molecule has 0 saturated heterocycles. The monoisotopic (exact) mass is 280 g/mol. The van der Waals surface area contributed by atoms with Crippen molar-refractivity contribution in [3.05, 3.63) is 29.8 Å². The smallest absolute Gasteiger partial charge is 0.251 e. The molecule has 0 bridgehead atoms. The second-order valence-electron chi connectivity index (χ2n) is 4.53. The Morgan fingerprint density at radius 2 is 1.95 bits per heavy atom. The molecule has 0 aliphatic rings. The summed E-state index contributed by atoms with van der Waals surface area (Å²) in [5, 5.41) is 6.10. The van der Waals surface area contributed by atoms with Crippen molar-refractivity contribution < 1.29 is 14.3 Å². The van der Waals surface area contributed by atoms with Crippen LogP contribution < -0.4 is 10.6 Å². The number of ether oxygens (including phenoxy) is 2. The van der Waals surface area contributed by atoms with Crippen molar-refractivity contribution in [1.29, 1.82) is 0 Å². The van der Waals surface area contributed by atoms with E-state index in [1.165, 1.54) is 0 Å². The van der Waals surface area contributed by atoms with Crippen LogP contribution in [0.3, 0.4) is 0 Å². The summed E-state index contributed by atoms with van der Waals surface area (Å²) >= 11 is 0. The lowest BCUT2D eigenvalue weighted by molar-refractivity contribution is 0.0285. The molecule has 0 aliphatic heterocycles. The summed E-state index contributed by atoms with van der Waals surface area (Å²) in [5.41, 5.74) is 1.66. The van der Waals surface area contributed by atoms with E-state index in [2.05, 4.69) is 17.6 Å². The molecule has 0 fully saturated rings. The van der Waals surface area contributed by atoms with Crippen molar-refractivity contribution in [2.45, 2.75) is 19.4 Å². The fourth-order valence-corrected chi connectivity index (χ4v) is 1.71. The minimum atomic E-state index is -0.130. The number of nitrogens with one attached hydrogen (secondary N) is 2. The lowest BCUT2D eigenvalue weighted by atomic mass is 10.2. The summed E-state index contributed by atoms with van der Waals surface area (Å²) in [4.78, 5) is 12.0. The van der Waals surface area contributed by atoms with Gasteiger partial charge in [0.25, 0.3) is 5.91 Å². The van der Waals surface area contributed by atoms with Gasteiger partial charge in [-0.2, -0.15) is 0 Å². The number of carbonyl (C=O) groups is 1. The van der Waals surface area contributed by atoms with Crippen LogP contribution in [0.5, 0.6) is 0 Å². The Labute approximate surface area is 120 Å². The maximum atomic E-state index is 12.0. The van der Waals surface area contributed by atoms with E-state index in [0.717, 1.165) is 18.7 Å². The summed E-state index contributed by atoms with van der Waals surface area (Å²) in [6.07, 6.45) is 0.939. The van der Waals surface area contributed by atoms with Crippen LogP contribution in [-0.4, -0.2) is 45.9 Å². The van der Waals surface area contributed by atoms with Gasteiger partial charge in [0.05, 0.1) is 12.7 Å². The normalized spacial score (nSPS) is 11.9. The lowest BCUT2D eigenvalue weighted by Crippen LogP contribution is -2.35. The highest BCUT2D eigenvalue weighted by atomic mass is 16.5. The van der Waals surface area contributed by atoms with E-state index in [1.54, 1.807) is 14.2 Å². The third-order valence-corrected chi connectivity index (χ3v) is 2.90. The number of hydrogen-bond donors (Lipinski definition) is 2. The molecule has 0 saturated carbocycles. The number of anilines is 1. The van der Waals surface area contributed by atoms with Crippen LogP contribution in [0, 0.1) is 0 Å². The van der Waals surface area contributed by atoms with Crippen LogP contribution in [0.4, 0.5) is 5.69 Å². The molecule has 2 N–H and O–H groups in total. The average molecular weight is 280 g/mol. The molecule has 20 heavy (non-hydrogen) atoms. The van der Waals surface area contributed by atoms with Gasteiger partial charge in [-0.15, -0.1) is 0 Å². The number of amides is 1. The molecule has 0 spiro atoms. The van der Waals surface area contributed by atoms with Gasteiger partial charge in [-0.05, 0) is 30.7 Å². The molecular formula is C15H24N2O3. The molecule has 5 heteroatoms. The highest BCUT2D eigenvalue weighted by molar-refractivity contribution is 5.94. The van der Waals surface area contributed by atoms with Crippen molar-refractivity contribution in [2.75, 3.05) is 39.2 Å². The highest BCUT2D eigenvalue weighted by Gasteiger charge is 2.10. The molecule has 0 radical (unpaired) electrons. The maximum absolute atomic E-state index is 12.0. The lowest BCUT2D eigenvalue weighted by Gasteiger charge is -2.15. The molecule has 5 nitrogen and oxygen atoms in total. The van der Waals surface area contributed by atoms with Crippen molar-refractivity contribution in [1.82, 2.24) is 5.32 Å². The maximum Gasteiger partial charge on any atom is 0.251 e. The summed E-state index contributed by atoms with van der Waals surface area (Å²) < 4.78 is 10.2. The van der Waals surface area contributed by atoms with E-state index >= 15 is 0 Å². The van der Waals surface area contributed by atoms with E-state index in [9.17, 15) is 4.79 Å². The Kier molecular flexibility index (Phi) is 7.69. The molecule has 0 heterocycles. The Hall–Kier alpha value is -1.59. The first kappa shape index (κ1) is 16.5. The van der Waals surface area contributed by atoms with Crippen molar-refractivity contribution >= 4 is 11.6 Å². The Morgan fingerprint density at radius 3 is 2.50 bits per heavy atom. The summed E-state index contributed by atoms with van der Waals surface area (Å²) in [5.74, 6) is -0.106. The molecule has 0 aromatic heterocycles. The quantitative estimate of drug-likeness (QED) is 0.725. The third-order valence-electron chi connectivity index (χ3n) is 2.90. The van der Waals surface area contributed by atoms with Crippen LogP contribution in [-0.2, 0) is 9.47 Å². The fourth-order valence-electron chi connectivity index (χ4n) is 1.71. The second-order valence-corrected chi connectivity index (χ2v) is 4.53. The van der Waals surface area contributed by atoms with Gasteiger partial charge >= 0.3 is 0 Å². The number of rotatable bonds is 9. The molecule has 0 aliphatic carbocycles. The molecule has 1 atom stereocenters. The van der Waals surface area contributed by atoms with Gasteiger partial charge in [0.2, 0.25) is 0 Å². The van der Waals surface area contributed by atoms with Crippen LogP contribution in [0.1, 0.15) is 23.7 Å². The van der Waals surface area contributed by atoms with Gasteiger partial charge in [0.1, 0.15) is 0 Å². The zero-order chi connectivity index (χ0) is 14.8. The first-order valence-corrected chi connectivity index (χ1v) is 6.85. The zero-order valence-electron chi connectivity index (χ0n) is 12.4. The van der Waals surface area contributed by atoms with Gasteiger partial charge in [-0.1, -0.05) is 6.92 Å². The van der Waals surface area contributed by atoms with Crippen molar-refractivity contribution in [3.8, 4) is 0 Å². The molecule has 1 aromatic rings. The van der Waals surface area contributed by atoms with Gasteiger partial charge in [0.15, 0.2) is 0 Å². The van der Waals surface area contributed by atoms with E-state index in [0.29, 0.717) is 18.7 Å². The molecular weight excluding hydrogens is 256 g/mol. The highest BCUT2D eigenvalue weighted by Crippen LogP contribution is 2.09. The number of benzene rings is 1. The minimum Gasteiger partial charge on any atom is -0.385 e. The SMILES string of the molecule is CCCNc1ccc(C(=O)NCC(COC)OC)cc1. The molecule has 1 amide bonds. The Morgan fingerprint density at radius 1 is 1.25 bits per heavy atom. The van der Waals surface area contributed by atoms with Crippen LogP contribution >= 0.6 is 0 Å². The van der Waals surface area contributed by atoms with E-state index in [-0.39, 0.29) is 12.0 Å².